The number of piperidine rings is 1. The van der Waals surface area contributed by atoms with Gasteiger partial charge in [-0.15, -0.1) is 10.2 Å². The van der Waals surface area contributed by atoms with Gasteiger partial charge in [-0.1, -0.05) is 36.4 Å². The number of aromatic nitrogens is 3. The van der Waals surface area contributed by atoms with Gasteiger partial charge in [0.05, 0.1) is 0 Å². The fourth-order valence-electron chi connectivity index (χ4n) is 3.23. The molecular formula is C20H28N4OS. The van der Waals surface area contributed by atoms with Crippen molar-refractivity contribution in [1.82, 2.24) is 19.7 Å². The maximum absolute atomic E-state index is 12.3. The average molecular weight is 373 g/mol. The summed E-state index contributed by atoms with van der Waals surface area (Å²) in [6, 6.07) is 8.38. The summed E-state index contributed by atoms with van der Waals surface area (Å²) in [6.07, 6.45) is 3.77. The molecule has 0 unspecified atom stereocenters. The molecule has 26 heavy (non-hydrogen) atoms. The molecule has 1 aliphatic heterocycles. The lowest BCUT2D eigenvalue weighted by atomic mass is 9.99. The molecule has 1 fully saturated rings. The molecule has 3 rings (SSSR count). The summed E-state index contributed by atoms with van der Waals surface area (Å²) in [5.41, 5.74) is 2.32. The molecule has 5 nitrogen and oxygen atoms in total. The van der Waals surface area contributed by atoms with E-state index in [2.05, 4.69) is 52.9 Å². The third kappa shape index (κ3) is 4.67. The molecule has 0 aliphatic carbocycles. The number of hydrogen-bond acceptors (Lipinski definition) is 4. The molecule has 0 N–H and O–H groups in total. The fraction of sp³-hybridized carbons (Fsp3) is 0.550. The van der Waals surface area contributed by atoms with Crippen molar-refractivity contribution in [2.45, 2.75) is 51.6 Å². The Balaban J connectivity index is 1.51. The molecular weight excluding hydrogens is 344 g/mol. The van der Waals surface area contributed by atoms with E-state index in [4.69, 9.17) is 0 Å². The third-order valence-corrected chi connectivity index (χ3v) is 6.01. The molecule has 0 saturated carbocycles. The highest BCUT2D eigenvalue weighted by molar-refractivity contribution is 7.99. The van der Waals surface area contributed by atoms with Crippen molar-refractivity contribution in [2.75, 3.05) is 18.8 Å². The van der Waals surface area contributed by atoms with Crippen LogP contribution in [-0.4, -0.2) is 44.4 Å². The lowest BCUT2D eigenvalue weighted by Gasteiger charge is -2.30. The monoisotopic (exact) mass is 372 g/mol. The number of benzene rings is 1. The molecule has 140 valence electrons. The van der Waals surface area contributed by atoms with Gasteiger partial charge in [-0.2, -0.15) is 0 Å². The van der Waals surface area contributed by atoms with Crippen LogP contribution >= 0.6 is 11.8 Å². The minimum Gasteiger partial charge on any atom is -0.343 e. The Morgan fingerprint density at radius 1 is 1.15 bits per heavy atom. The molecule has 2 heterocycles. The second-order valence-electron chi connectivity index (χ2n) is 7.22. The highest BCUT2D eigenvalue weighted by atomic mass is 32.2. The van der Waals surface area contributed by atoms with Crippen molar-refractivity contribution < 1.29 is 4.79 Å². The van der Waals surface area contributed by atoms with E-state index >= 15 is 0 Å². The molecule has 1 aromatic heterocycles. The van der Waals surface area contributed by atoms with Gasteiger partial charge in [-0.05, 0) is 51.2 Å². The van der Waals surface area contributed by atoms with E-state index in [1.807, 2.05) is 11.8 Å². The Bertz CT molecular complexity index is 733. The molecule has 1 aromatic carbocycles. The summed E-state index contributed by atoms with van der Waals surface area (Å²) >= 11 is 1.67. The normalized spacial score (nSPS) is 15.4. The van der Waals surface area contributed by atoms with Gasteiger partial charge in [0.2, 0.25) is 5.91 Å². The average Bonchev–Trinajstić information content (AvgIpc) is 3.00. The van der Waals surface area contributed by atoms with Crippen LogP contribution < -0.4 is 0 Å². The van der Waals surface area contributed by atoms with Crippen LogP contribution in [0.25, 0.3) is 5.69 Å². The van der Waals surface area contributed by atoms with Gasteiger partial charge in [-0.25, -0.2) is 0 Å². The number of nitrogens with zero attached hydrogens (tertiary/aromatic N) is 4. The van der Waals surface area contributed by atoms with Gasteiger partial charge in [0.15, 0.2) is 5.16 Å². The summed E-state index contributed by atoms with van der Waals surface area (Å²) in [5, 5.41) is 9.43. The first-order chi connectivity index (χ1) is 12.5. The van der Waals surface area contributed by atoms with E-state index in [0.717, 1.165) is 60.7 Å². The van der Waals surface area contributed by atoms with Crippen molar-refractivity contribution in [3.63, 3.8) is 0 Å². The minimum absolute atomic E-state index is 0.300. The molecule has 0 radical (unpaired) electrons. The number of hydrogen-bond donors (Lipinski definition) is 0. The number of amides is 1. The first kappa shape index (κ1) is 19.0. The van der Waals surface area contributed by atoms with Crippen LogP contribution in [-0.2, 0) is 4.79 Å². The Labute approximate surface area is 160 Å². The zero-order valence-electron chi connectivity index (χ0n) is 15.9. The highest BCUT2D eigenvalue weighted by Crippen LogP contribution is 2.23. The predicted octanol–water partition coefficient (Wildman–Crippen LogP) is 4.01. The lowest BCUT2D eigenvalue weighted by molar-refractivity contribution is -0.132. The summed E-state index contributed by atoms with van der Waals surface area (Å²) < 4.78 is 2.08. The van der Waals surface area contributed by atoms with Crippen LogP contribution in [0.4, 0.5) is 0 Å². The van der Waals surface area contributed by atoms with Gasteiger partial charge in [0.1, 0.15) is 5.82 Å². The molecule has 6 heteroatoms. The van der Waals surface area contributed by atoms with Crippen molar-refractivity contribution in [3.05, 3.63) is 35.7 Å². The van der Waals surface area contributed by atoms with Crippen molar-refractivity contribution >= 4 is 17.7 Å². The van der Waals surface area contributed by atoms with E-state index in [9.17, 15) is 4.79 Å². The number of carbonyl (C=O) groups excluding carboxylic acids is 1. The zero-order chi connectivity index (χ0) is 18.5. The lowest BCUT2D eigenvalue weighted by Crippen LogP contribution is -2.37. The van der Waals surface area contributed by atoms with Crippen molar-refractivity contribution in [1.29, 1.82) is 0 Å². The minimum atomic E-state index is 0.300. The molecule has 0 spiro atoms. The van der Waals surface area contributed by atoms with Crippen LogP contribution in [0, 0.1) is 19.8 Å². The third-order valence-electron chi connectivity index (χ3n) is 4.99. The maximum Gasteiger partial charge on any atom is 0.222 e. The standard InChI is InChI=1S/C20H28N4OS/c1-15-6-8-18(9-7-15)24-17(3)21-22-20(24)26-14-4-5-19(25)23-12-10-16(2)11-13-23/h6-9,16H,4-5,10-14H2,1-3H3. The van der Waals surface area contributed by atoms with Crippen LogP contribution in [0.5, 0.6) is 0 Å². The first-order valence-corrected chi connectivity index (χ1v) is 10.4. The maximum atomic E-state index is 12.3. The van der Waals surface area contributed by atoms with Crippen LogP contribution in [0.1, 0.15) is 44.0 Å². The van der Waals surface area contributed by atoms with Gasteiger partial charge in [-0.3, -0.25) is 9.36 Å². The van der Waals surface area contributed by atoms with Crippen molar-refractivity contribution in [3.8, 4) is 5.69 Å². The van der Waals surface area contributed by atoms with E-state index in [1.54, 1.807) is 11.8 Å². The van der Waals surface area contributed by atoms with Crippen LogP contribution in [0.15, 0.2) is 29.4 Å². The number of aryl methyl sites for hydroxylation is 2. The van der Waals surface area contributed by atoms with E-state index in [0.29, 0.717) is 12.3 Å². The molecule has 0 bridgehead atoms. The predicted molar refractivity (Wildman–Crippen MR) is 106 cm³/mol. The van der Waals surface area contributed by atoms with Crippen molar-refractivity contribution in [2.24, 2.45) is 5.92 Å². The summed E-state index contributed by atoms with van der Waals surface area (Å²) in [5.74, 6) is 2.81. The molecule has 1 aliphatic rings. The van der Waals surface area contributed by atoms with Gasteiger partial charge >= 0.3 is 0 Å². The smallest absolute Gasteiger partial charge is 0.222 e. The second-order valence-corrected chi connectivity index (χ2v) is 8.28. The topological polar surface area (TPSA) is 51.0 Å². The highest BCUT2D eigenvalue weighted by Gasteiger charge is 2.20. The Morgan fingerprint density at radius 2 is 1.85 bits per heavy atom. The molecule has 1 amide bonds. The number of likely N-dealkylation sites (tertiary alicyclic amines) is 1. The summed E-state index contributed by atoms with van der Waals surface area (Å²) in [7, 11) is 0. The Hall–Kier alpha value is -1.82. The summed E-state index contributed by atoms with van der Waals surface area (Å²) in [4.78, 5) is 14.4. The fourth-order valence-corrected chi connectivity index (χ4v) is 4.17. The van der Waals surface area contributed by atoms with E-state index in [-0.39, 0.29) is 0 Å². The van der Waals surface area contributed by atoms with Gasteiger partial charge in [0.25, 0.3) is 0 Å². The molecule has 2 aromatic rings. The number of thioether (sulfide) groups is 1. The Morgan fingerprint density at radius 3 is 2.54 bits per heavy atom. The van der Waals surface area contributed by atoms with Crippen LogP contribution in [0.3, 0.4) is 0 Å². The largest absolute Gasteiger partial charge is 0.343 e. The summed E-state index contributed by atoms with van der Waals surface area (Å²) in [6.45, 7) is 8.17. The van der Waals surface area contributed by atoms with E-state index in [1.165, 1.54) is 5.56 Å². The number of rotatable bonds is 6. The van der Waals surface area contributed by atoms with E-state index < -0.39 is 0 Å². The molecule has 1 saturated heterocycles. The van der Waals surface area contributed by atoms with Crippen LogP contribution in [0.2, 0.25) is 0 Å². The second kappa shape index (κ2) is 8.71. The van der Waals surface area contributed by atoms with Gasteiger partial charge < -0.3 is 4.90 Å². The SMILES string of the molecule is Cc1ccc(-n2c(C)nnc2SCCCC(=O)N2CCC(C)CC2)cc1. The quantitative estimate of drug-likeness (QED) is 0.568. The molecule has 0 atom stereocenters. The first-order valence-electron chi connectivity index (χ1n) is 9.44. The zero-order valence-corrected chi connectivity index (χ0v) is 16.8. The Kier molecular flexibility index (Phi) is 6.35. The number of carbonyl (C=O) groups is 1. The van der Waals surface area contributed by atoms with Gasteiger partial charge in [0, 0.05) is 31.0 Å².